The van der Waals surface area contributed by atoms with Crippen molar-refractivity contribution in [3.8, 4) is 0 Å². The number of allylic oxidation sites excluding steroid dienone is 2. The third kappa shape index (κ3) is 1.87. The van der Waals surface area contributed by atoms with Crippen LogP contribution < -0.4 is 5.73 Å². The van der Waals surface area contributed by atoms with Crippen LogP contribution in [0.25, 0.3) is 0 Å². The van der Waals surface area contributed by atoms with Gasteiger partial charge in [0.1, 0.15) is 0 Å². The van der Waals surface area contributed by atoms with Gasteiger partial charge >= 0.3 is 0 Å². The summed E-state index contributed by atoms with van der Waals surface area (Å²) in [6.45, 7) is 6.08. The molecule has 0 radical (unpaired) electrons. The predicted molar refractivity (Wildman–Crippen MR) is 49.5 cm³/mol. The van der Waals surface area contributed by atoms with Gasteiger partial charge < -0.3 is 5.73 Å². The summed E-state index contributed by atoms with van der Waals surface area (Å²) in [6, 6.07) is 0. The molecule has 0 aromatic carbocycles. The number of ketones is 1. The highest BCUT2D eigenvalue weighted by Gasteiger charge is 2.30. The normalized spacial score (nSPS) is 27.1. The maximum absolute atomic E-state index is 11.5. The van der Waals surface area contributed by atoms with E-state index in [1.54, 1.807) is 0 Å². The fourth-order valence-corrected chi connectivity index (χ4v) is 1.65. The first-order valence-corrected chi connectivity index (χ1v) is 4.41. The highest BCUT2D eigenvalue weighted by atomic mass is 16.1. The minimum atomic E-state index is 0.177. The lowest BCUT2D eigenvalue weighted by atomic mass is 9.74. The minimum Gasteiger partial charge on any atom is -0.402 e. The van der Waals surface area contributed by atoms with Gasteiger partial charge in [0.15, 0.2) is 5.78 Å². The highest BCUT2D eigenvalue weighted by Crippen LogP contribution is 2.35. The van der Waals surface area contributed by atoms with Crippen LogP contribution in [0.4, 0.5) is 0 Å². The molecule has 0 amide bonds. The van der Waals surface area contributed by atoms with Crippen molar-refractivity contribution in [3.05, 3.63) is 11.3 Å². The number of rotatable bonds is 0. The molecule has 0 saturated heterocycles. The summed E-state index contributed by atoms with van der Waals surface area (Å²) in [6.07, 6.45) is 2.58. The monoisotopic (exact) mass is 167 g/mol. The highest BCUT2D eigenvalue weighted by molar-refractivity contribution is 5.97. The molecule has 2 nitrogen and oxygen atoms in total. The van der Waals surface area contributed by atoms with Crippen LogP contribution in [0.3, 0.4) is 0 Å². The third-order valence-electron chi connectivity index (χ3n) is 2.50. The molecule has 0 heterocycles. The second-order valence-corrected chi connectivity index (χ2v) is 4.43. The molecule has 0 aromatic heterocycles. The Morgan fingerprint density at radius 2 is 2.08 bits per heavy atom. The molecule has 0 spiro atoms. The standard InChI is InChI=1S/C10H17NO/c1-7(11)8-4-5-10(2,3)6-9(8)12/h4-6,11H2,1-3H3/b8-7-. The molecule has 2 N–H and O–H groups in total. The Kier molecular flexibility index (Phi) is 2.27. The molecule has 1 fully saturated rings. The fraction of sp³-hybridized carbons (Fsp3) is 0.700. The van der Waals surface area contributed by atoms with E-state index in [1.165, 1.54) is 0 Å². The SMILES string of the molecule is C/C(N)=C1\CCC(C)(C)CC1=O. The van der Waals surface area contributed by atoms with Crippen LogP contribution in [0.15, 0.2) is 11.3 Å². The zero-order valence-corrected chi connectivity index (χ0v) is 8.11. The first kappa shape index (κ1) is 9.30. The molecule has 0 atom stereocenters. The van der Waals surface area contributed by atoms with Gasteiger partial charge in [0.25, 0.3) is 0 Å². The molecule has 12 heavy (non-hydrogen) atoms. The average molecular weight is 167 g/mol. The number of carbonyl (C=O) groups excluding carboxylic acids is 1. The van der Waals surface area contributed by atoms with E-state index in [2.05, 4.69) is 13.8 Å². The van der Waals surface area contributed by atoms with Crippen molar-refractivity contribution >= 4 is 5.78 Å². The number of Topliss-reactive ketones (excluding diaryl/α,β-unsaturated/α-hetero) is 1. The second kappa shape index (κ2) is 2.92. The van der Waals surface area contributed by atoms with Gasteiger partial charge in [0.2, 0.25) is 0 Å². The van der Waals surface area contributed by atoms with E-state index in [4.69, 9.17) is 5.73 Å². The van der Waals surface area contributed by atoms with E-state index < -0.39 is 0 Å². The van der Waals surface area contributed by atoms with Gasteiger partial charge in [0.05, 0.1) is 0 Å². The Labute approximate surface area is 73.8 Å². The summed E-state index contributed by atoms with van der Waals surface area (Å²) in [5.41, 5.74) is 7.34. The molecule has 1 aliphatic rings. The molecule has 68 valence electrons. The van der Waals surface area contributed by atoms with Crippen LogP contribution in [0.5, 0.6) is 0 Å². The largest absolute Gasteiger partial charge is 0.402 e. The quantitative estimate of drug-likeness (QED) is 0.561. The first-order chi connectivity index (χ1) is 5.42. The van der Waals surface area contributed by atoms with Gasteiger partial charge in [-0.1, -0.05) is 13.8 Å². The lowest BCUT2D eigenvalue weighted by Gasteiger charge is -2.30. The Hall–Kier alpha value is -0.790. The fourth-order valence-electron chi connectivity index (χ4n) is 1.65. The molecule has 1 aliphatic carbocycles. The topological polar surface area (TPSA) is 43.1 Å². The van der Waals surface area contributed by atoms with Crippen molar-refractivity contribution in [3.63, 3.8) is 0 Å². The Morgan fingerprint density at radius 1 is 1.50 bits per heavy atom. The van der Waals surface area contributed by atoms with Crippen molar-refractivity contribution in [2.24, 2.45) is 11.1 Å². The molecule has 2 heteroatoms. The zero-order chi connectivity index (χ0) is 9.35. The van der Waals surface area contributed by atoms with E-state index in [0.29, 0.717) is 12.1 Å². The lowest BCUT2D eigenvalue weighted by Crippen LogP contribution is -2.26. The molecule has 1 saturated carbocycles. The van der Waals surface area contributed by atoms with Crippen LogP contribution in [0.2, 0.25) is 0 Å². The zero-order valence-electron chi connectivity index (χ0n) is 8.11. The molecule has 1 rings (SSSR count). The van der Waals surface area contributed by atoms with E-state index in [-0.39, 0.29) is 11.2 Å². The predicted octanol–water partition coefficient (Wildman–Crippen LogP) is 2.00. The molecule has 0 unspecified atom stereocenters. The van der Waals surface area contributed by atoms with Gasteiger partial charge in [-0.05, 0) is 25.2 Å². The summed E-state index contributed by atoms with van der Waals surface area (Å²) in [4.78, 5) is 11.5. The van der Waals surface area contributed by atoms with Gasteiger partial charge in [-0.2, -0.15) is 0 Å². The minimum absolute atomic E-state index is 0.177. The van der Waals surface area contributed by atoms with Crippen molar-refractivity contribution in [1.82, 2.24) is 0 Å². The Bertz CT molecular complexity index is 234. The van der Waals surface area contributed by atoms with Crippen molar-refractivity contribution < 1.29 is 4.79 Å². The number of carbonyl (C=O) groups is 1. The molecule has 0 aromatic rings. The number of hydrogen-bond donors (Lipinski definition) is 1. The molecule has 0 bridgehead atoms. The van der Waals surface area contributed by atoms with Crippen LogP contribution in [-0.4, -0.2) is 5.78 Å². The van der Waals surface area contributed by atoms with Crippen molar-refractivity contribution in [2.75, 3.05) is 0 Å². The molecular weight excluding hydrogens is 150 g/mol. The summed E-state index contributed by atoms with van der Waals surface area (Å²) < 4.78 is 0. The van der Waals surface area contributed by atoms with Gasteiger partial charge in [-0.25, -0.2) is 0 Å². The summed E-state index contributed by atoms with van der Waals surface area (Å²) in [5, 5.41) is 0. The lowest BCUT2D eigenvalue weighted by molar-refractivity contribution is -0.118. The summed E-state index contributed by atoms with van der Waals surface area (Å²) >= 11 is 0. The van der Waals surface area contributed by atoms with E-state index in [0.717, 1.165) is 18.4 Å². The van der Waals surface area contributed by atoms with E-state index >= 15 is 0 Å². The summed E-state index contributed by atoms with van der Waals surface area (Å²) in [7, 11) is 0. The number of hydrogen-bond acceptors (Lipinski definition) is 2. The summed E-state index contributed by atoms with van der Waals surface area (Å²) in [5.74, 6) is 0.242. The van der Waals surface area contributed by atoms with Crippen LogP contribution in [0.1, 0.15) is 40.0 Å². The third-order valence-corrected chi connectivity index (χ3v) is 2.50. The number of nitrogens with two attached hydrogens (primary N) is 1. The Morgan fingerprint density at radius 3 is 2.50 bits per heavy atom. The smallest absolute Gasteiger partial charge is 0.161 e. The van der Waals surface area contributed by atoms with Crippen LogP contribution in [-0.2, 0) is 4.79 Å². The second-order valence-electron chi connectivity index (χ2n) is 4.43. The van der Waals surface area contributed by atoms with E-state index in [1.807, 2.05) is 6.92 Å². The molecular formula is C10H17NO. The van der Waals surface area contributed by atoms with Gasteiger partial charge in [-0.3, -0.25) is 4.79 Å². The van der Waals surface area contributed by atoms with Crippen molar-refractivity contribution in [2.45, 2.75) is 40.0 Å². The van der Waals surface area contributed by atoms with Gasteiger partial charge in [0, 0.05) is 17.7 Å². The van der Waals surface area contributed by atoms with Crippen LogP contribution >= 0.6 is 0 Å². The van der Waals surface area contributed by atoms with Gasteiger partial charge in [-0.15, -0.1) is 0 Å². The van der Waals surface area contributed by atoms with Crippen LogP contribution in [0, 0.1) is 5.41 Å². The average Bonchev–Trinajstić information content (AvgIpc) is 1.83. The Balaban J connectivity index is 2.81. The van der Waals surface area contributed by atoms with Crippen molar-refractivity contribution in [1.29, 1.82) is 0 Å². The first-order valence-electron chi connectivity index (χ1n) is 4.41. The van der Waals surface area contributed by atoms with E-state index in [9.17, 15) is 4.79 Å². The maximum atomic E-state index is 11.5. The maximum Gasteiger partial charge on any atom is 0.161 e. The molecule has 0 aliphatic heterocycles.